The SMILES string of the molecule is S=C(NC1CC1)N1CC[NH+](Cc2cccc(Cl)c2)CC1. The van der Waals surface area contributed by atoms with E-state index >= 15 is 0 Å². The number of rotatable bonds is 3. The molecule has 0 bridgehead atoms. The number of nitrogens with zero attached hydrogens (tertiary/aromatic N) is 1. The molecule has 2 N–H and O–H groups in total. The molecule has 1 aromatic rings. The summed E-state index contributed by atoms with van der Waals surface area (Å²) in [5.41, 5.74) is 1.32. The van der Waals surface area contributed by atoms with Crippen LogP contribution >= 0.6 is 23.8 Å². The second kappa shape index (κ2) is 6.29. The van der Waals surface area contributed by atoms with Gasteiger partial charge in [0.05, 0.1) is 26.2 Å². The summed E-state index contributed by atoms with van der Waals surface area (Å²) >= 11 is 11.5. The maximum Gasteiger partial charge on any atom is 0.169 e. The van der Waals surface area contributed by atoms with E-state index in [9.17, 15) is 0 Å². The van der Waals surface area contributed by atoms with Crippen molar-refractivity contribution in [2.24, 2.45) is 0 Å². The lowest BCUT2D eigenvalue weighted by Crippen LogP contribution is -3.13. The van der Waals surface area contributed by atoms with Gasteiger partial charge in [-0.1, -0.05) is 23.7 Å². The van der Waals surface area contributed by atoms with Gasteiger partial charge in [0, 0.05) is 16.6 Å². The highest BCUT2D eigenvalue weighted by atomic mass is 35.5. The third-order valence-electron chi connectivity index (χ3n) is 4.01. The van der Waals surface area contributed by atoms with Crippen molar-refractivity contribution in [3.63, 3.8) is 0 Å². The van der Waals surface area contributed by atoms with Crippen LogP contribution in [0.25, 0.3) is 0 Å². The first kappa shape index (κ1) is 14.1. The molecule has 0 aromatic heterocycles. The minimum atomic E-state index is 0.652. The van der Waals surface area contributed by atoms with Gasteiger partial charge < -0.3 is 15.1 Å². The molecule has 20 heavy (non-hydrogen) atoms. The largest absolute Gasteiger partial charge is 0.360 e. The summed E-state index contributed by atoms with van der Waals surface area (Å²) in [4.78, 5) is 3.92. The lowest BCUT2D eigenvalue weighted by atomic mass is 10.2. The van der Waals surface area contributed by atoms with Gasteiger partial charge in [-0.25, -0.2) is 0 Å². The maximum absolute atomic E-state index is 6.04. The quantitative estimate of drug-likeness (QED) is 0.815. The summed E-state index contributed by atoms with van der Waals surface area (Å²) in [7, 11) is 0. The van der Waals surface area contributed by atoms with Crippen LogP contribution in [-0.4, -0.2) is 42.2 Å². The van der Waals surface area contributed by atoms with Gasteiger partial charge in [0.2, 0.25) is 0 Å². The second-order valence-corrected chi connectivity index (χ2v) is 6.59. The molecule has 0 amide bonds. The normalized spacial score (nSPS) is 19.9. The molecule has 2 aliphatic rings. The Morgan fingerprint density at radius 3 is 2.75 bits per heavy atom. The fourth-order valence-corrected chi connectivity index (χ4v) is 3.19. The Hall–Kier alpha value is -0.840. The van der Waals surface area contributed by atoms with Crippen molar-refractivity contribution >= 4 is 28.9 Å². The number of thiocarbonyl (C=S) groups is 1. The number of halogens is 1. The molecular formula is C15H21ClN3S+. The van der Waals surface area contributed by atoms with E-state index in [2.05, 4.69) is 22.3 Å². The predicted molar refractivity (Wildman–Crippen MR) is 86.2 cm³/mol. The van der Waals surface area contributed by atoms with Gasteiger partial charge in [-0.3, -0.25) is 0 Å². The van der Waals surface area contributed by atoms with E-state index in [-0.39, 0.29) is 0 Å². The lowest BCUT2D eigenvalue weighted by Gasteiger charge is -2.34. The molecule has 1 aliphatic carbocycles. The molecule has 1 heterocycles. The first-order chi connectivity index (χ1) is 9.70. The molecule has 0 atom stereocenters. The molecule has 0 spiro atoms. The number of benzene rings is 1. The number of quaternary nitrogens is 1. The highest BCUT2D eigenvalue weighted by molar-refractivity contribution is 7.80. The van der Waals surface area contributed by atoms with Crippen LogP contribution in [0.4, 0.5) is 0 Å². The standard InChI is InChI=1S/C15H20ClN3S/c16-13-3-1-2-12(10-13)11-18-6-8-19(9-7-18)15(20)17-14-4-5-14/h1-3,10,14H,4-9,11H2,(H,17,20)/p+1. The van der Waals surface area contributed by atoms with Crippen LogP contribution in [0.2, 0.25) is 5.02 Å². The first-order valence-electron chi connectivity index (χ1n) is 7.34. The molecule has 0 radical (unpaired) electrons. The van der Waals surface area contributed by atoms with Crippen LogP contribution in [0.3, 0.4) is 0 Å². The zero-order valence-electron chi connectivity index (χ0n) is 11.6. The van der Waals surface area contributed by atoms with E-state index in [1.54, 1.807) is 4.90 Å². The van der Waals surface area contributed by atoms with Crippen molar-refractivity contribution in [3.8, 4) is 0 Å². The fraction of sp³-hybridized carbons (Fsp3) is 0.533. The Kier molecular flexibility index (Phi) is 4.44. The second-order valence-electron chi connectivity index (χ2n) is 5.77. The summed E-state index contributed by atoms with van der Waals surface area (Å²) in [6.07, 6.45) is 2.56. The highest BCUT2D eigenvalue weighted by Crippen LogP contribution is 2.19. The zero-order chi connectivity index (χ0) is 13.9. The molecule has 0 unspecified atom stereocenters. The van der Waals surface area contributed by atoms with Crippen molar-refractivity contribution in [2.75, 3.05) is 26.2 Å². The van der Waals surface area contributed by atoms with E-state index in [1.165, 1.54) is 18.4 Å². The Balaban J connectivity index is 1.47. The van der Waals surface area contributed by atoms with E-state index in [4.69, 9.17) is 23.8 Å². The van der Waals surface area contributed by atoms with E-state index in [0.29, 0.717) is 6.04 Å². The maximum atomic E-state index is 6.04. The molecule has 1 saturated carbocycles. The monoisotopic (exact) mass is 310 g/mol. The number of hydrogen-bond donors (Lipinski definition) is 2. The summed E-state index contributed by atoms with van der Waals surface area (Å²) in [6.45, 7) is 5.43. The smallest absolute Gasteiger partial charge is 0.169 e. The van der Waals surface area contributed by atoms with E-state index < -0.39 is 0 Å². The topological polar surface area (TPSA) is 19.7 Å². The summed E-state index contributed by atoms with van der Waals surface area (Å²) < 4.78 is 0. The first-order valence-corrected chi connectivity index (χ1v) is 8.13. The van der Waals surface area contributed by atoms with Crippen molar-refractivity contribution in [1.82, 2.24) is 10.2 Å². The van der Waals surface area contributed by atoms with Gasteiger partial charge in [-0.15, -0.1) is 0 Å². The molecular weight excluding hydrogens is 290 g/mol. The highest BCUT2D eigenvalue weighted by Gasteiger charge is 2.26. The van der Waals surface area contributed by atoms with Crippen molar-refractivity contribution < 1.29 is 4.90 Å². The summed E-state index contributed by atoms with van der Waals surface area (Å²) in [5.74, 6) is 0. The summed E-state index contributed by atoms with van der Waals surface area (Å²) in [5, 5.41) is 5.21. The van der Waals surface area contributed by atoms with Crippen LogP contribution in [-0.2, 0) is 6.54 Å². The van der Waals surface area contributed by atoms with Crippen LogP contribution in [0.5, 0.6) is 0 Å². The summed E-state index contributed by atoms with van der Waals surface area (Å²) in [6, 6.07) is 8.84. The average molecular weight is 311 g/mol. The van der Waals surface area contributed by atoms with Crippen LogP contribution in [0.1, 0.15) is 18.4 Å². The van der Waals surface area contributed by atoms with Gasteiger partial charge >= 0.3 is 0 Å². The lowest BCUT2D eigenvalue weighted by molar-refractivity contribution is -0.917. The molecule has 3 rings (SSSR count). The molecule has 1 aromatic carbocycles. The van der Waals surface area contributed by atoms with E-state index in [1.807, 2.05) is 12.1 Å². The van der Waals surface area contributed by atoms with Crippen molar-refractivity contribution in [1.29, 1.82) is 0 Å². The van der Waals surface area contributed by atoms with Crippen molar-refractivity contribution in [3.05, 3.63) is 34.9 Å². The van der Waals surface area contributed by atoms with Gasteiger partial charge in [0.25, 0.3) is 0 Å². The van der Waals surface area contributed by atoms with Gasteiger partial charge in [-0.2, -0.15) is 0 Å². The average Bonchev–Trinajstić information content (AvgIpc) is 3.23. The third kappa shape index (κ3) is 3.84. The van der Waals surface area contributed by atoms with Gasteiger partial charge in [0.15, 0.2) is 5.11 Å². The molecule has 1 saturated heterocycles. The number of hydrogen-bond acceptors (Lipinski definition) is 1. The third-order valence-corrected chi connectivity index (χ3v) is 4.62. The van der Waals surface area contributed by atoms with Crippen LogP contribution in [0.15, 0.2) is 24.3 Å². The predicted octanol–water partition coefficient (Wildman–Crippen LogP) is 1.08. The number of nitrogens with one attached hydrogen (secondary N) is 2. The Morgan fingerprint density at radius 1 is 1.35 bits per heavy atom. The minimum Gasteiger partial charge on any atom is -0.360 e. The molecule has 5 heteroatoms. The van der Waals surface area contributed by atoms with Gasteiger partial charge in [0.1, 0.15) is 6.54 Å². The zero-order valence-corrected chi connectivity index (χ0v) is 13.1. The Bertz CT molecular complexity index is 482. The molecule has 108 valence electrons. The van der Waals surface area contributed by atoms with Crippen molar-refractivity contribution in [2.45, 2.75) is 25.4 Å². The van der Waals surface area contributed by atoms with E-state index in [0.717, 1.165) is 42.9 Å². The van der Waals surface area contributed by atoms with Crippen LogP contribution in [0, 0.1) is 0 Å². The number of piperazine rings is 1. The minimum absolute atomic E-state index is 0.652. The molecule has 3 nitrogen and oxygen atoms in total. The molecule has 1 aliphatic heterocycles. The molecule has 2 fully saturated rings. The van der Waals surface area contributed by atoms with Gasteiger partial charge in [-0.05, 0) is 37.2 Å². The Labute approximate surface area is 130 Å². The fourth-order valence-electron chi connectivity index (χ4n) is 2.63. The van der Waals surface area contributed by atoms with Crippen LogP contribution < -0.4 is 10.2 Å². The Morgan fingerprint density at radius 2 is 2.10 bits per heavy atom.